The van der Waals surface area contributed by atoms with Gasteiger partial charge in [-0.25, -0.2) is 0 Å². The molecule has 11 heavy (non-hydrogen) atoms. The monoisotopic (exact) mass is 169 g/mol. The molecule has 0 amide bonds. The van der Waals surface area contributed by atoms with Crippen LogP contribution in [0.3, 0.4) is 0 Å². The highest BCUT2D eigenvalue weighted by atomic mass is 32.2. The smallest absolute Gasteiger partial charge is 0.175 e. The van der Waals surface area contributed by atoms with Crippen LogP contribution in [0.4, 0.5) is 0 Å². The topological polar surface area (TPSA) is 48.2 Å². The molecule has 0 aliphatic heterocycles. The molecule has 0 saturated heterocycles. The standard InChI is InChI=1S/C7H11N3S/c1-4-5-11-7(8)10-9-6(2)3/h1H,5H2,2-3H3,(H2,8,10). The summed E-state index contributed by atoms with van der Waals surface area (Å²) in [7, 11) is 0. The van der Waals surface area contributed by atoms with E-state index in [1.165, 1.54) is 11.8 Å². The van der Waals surface area contributed by atoms with Gasteiger partial charge in [0, 0.05) is 5.71 Å². The first-order chi connectivity index (χ1) is 5.16. The summed E-state index contributed by atoms with van der Waals surface area (Å²) >= 11 is 1.25. The van der Waals surface area contributed by atoms with E-state index in [1.54, 1.807) is 0 Å². The summed E-state index contributed by atoms with van der Waals surface area (Å²) in [6, 6.07) is 0. The molecule has 0 aromatic carbocycles. The van der Waals surface area contributed by atoms with E-state index >= 15 is 0 Å². The number of nitrogens with zero attached hydrogens (tertiary/aromatic N) is 1. The quantitative estimate of drug-likeness (QED) is 0.283. The lowest BCUT2D eigenvalue weighted by Gasteiger charge is -1.98. The Balaban J connectivity index is 3.55. The first kappa shape index (κ1) is 10.0. The Bertz CT molecular complexity index is 198. The zero-order chi connectivity index (χ0) is 8.69. The zero-order valence-electron chi connectivity index (χ0n) is 6.64. The molecule has 0 aliphatic rings. The Labute approximate surface area is 71.2 Å². The van der Waals surface area contributed by atoms with Gasteiger partial charge in [-0.2, -0.15) is 5.10 Å². The van der Waals surface area contributed by atoms with Gasteiger partial charge in [0.25, 0.3) is 0 Å². The van der Waals surface area contributed by atoms with E-state index in [2.05, 4.69) is 16.4 Å². The Hall–Kier alpha value is -0.950. The van der Waals surface area contributed by atoms with Crippen LogP contribution in [0.15, 0.2) is 5.10 Å². The normalized spacial score (nSPS) is 8.09. The fourth-order valence-electron chi connectivity index (χ4n) is 0.309. The van der Waals surface area contributed by atoms with Gasteiger partial charge in [-0.3, -0.25) is 10.8 Å². The molecule has 0 atom stereocenters. The van der Waals surface area contributed by atoms with E-state index in [4.69, 9.17) is 11.8 Å². The summed E-state index contributed by atoms with van der Waals surface area (Å²) in [4.78, 5) is 0. The number of terminal acetylenes is 1. The number of rotatable bonds is 2. The van der Waals surface area contributed by atoms with Gasteiger partial charge in [0.05, 0.1) is 5.75 Å². The highest BCUT2D eigenvalue weighted by Gasteiger charge is 1.91. The van der Waals surface area contributed by atoms with E-state index in [-0.39, 0.29) is 5.17 Å². The first-order valence-electron chi connectivity index (χ1n) is 3.08. The first-order valence-corrected chi connectivity index (χ1v) is 4.07. The molecule has 0 aromatic rings. The van der Waals surface area contributed by atoms with Crippen LogP contribution in [0.5, 0.6) is 0 Å². The second-order valence-electron chi connectivity index (χ2n) is 1.99. The van der Waals surface area contributed by atoms with Crippen molar-refractivity contribution in [3.05, 3.63) is 0 Å². The minimum atomic E-state index is 0.282. The maximum atomic E-state index is 7.23. The molecular weight excluding hydrogens is 158 g/mol. The minimum absolute atomic E-state index is 0.282. The highest BCUT2D eigenvalue weighted by molar-refractivity contribution is 8.13. The summed E-state index contributed by atoms with van der Waals surface area (Å²) in [6.07, 6.45) is 5.00. The molecule has 3 nitrogen and oxygen atoms in total. The minimum Gasteiger partial charge on any atom is -0.277 e. The average molecular weight is 169 g/mol. The SMILES string of the molecule is C#CCSC(=N)NN=C(C)C. The van der Waals surface area contributed by atoms with Crippen LogP contribution in [0.2, 0.25) is 0 Å². The van der Waals surface area contributed by atoms with Crippen LogP contribution < -0.4 is 5.43 Å². The Morgan fingerprint density at radius 1 is 1.73 bits per heavy atom. The third-order valence-electron chi connectivity index (χ3n) is 0.681. The summed E-state index contributed by atoms with van der Waals surface area (Å²) < 4.78 is 0. The van der Waals surface area contributed by atoms with Gasteiger partial charge in [-0.1, -0.05) is 17.7 Å². The van der Waals surface area contributed by atoms with Gasteiger partial charge in [-0.05, 0) is 13.8 Å². The molecule has 0 aromatic heterocycles. The van der Waals surface area contributed by atoms with E-state index < -0.39 is 0 Å². The Morgan fingerprint density at radius 2 is 2.36 bits per heavy atom. The molecule has 0 bridgehead atoms. The summed E-state index contributed by atoms with van der Waals surface area (Å²) in [5, 5.41) is 11.3. The molecule has 60 valence electrons. The summed E-state index contributed by atoms with van der Waals surface area (Å²) in [5.74, 6) is 2.92. The second kappa shape index (κ2) is 5.81. The fraction of sp³-hybridized carbons (Fsp3) is 0.429. The van der Waals surface area contributed by atoms with Gasteiger partial charge in [0.1, 0.15) is 0 Å². The van der Waals surface area contributed by atoms with E-state index in [0.29, 0.717) is 5.75 Å². The highest BCUT2D eigenvalue weighted by Crippen LogP contribution is 1.96. The van der Waals surface area contributed by atoms with Crippen LogP contribution in [-0.4, -0.2) is 16.6 Å². The average Bonchev–Trinajstić information content (AvgIpc) is 1.97. The second-order valence-corrected chi connectivity index (χ2v) is 2.98. The summed E-state index contributed by atoms with van der Waals surface area (Å²) in [6.45, 7) is 3.71. The molecular formula is C7H11N3S. The molecule has 0 aliphatic carbocycles. The molecule has 0 heterocycles. The van der Waals surface area contributed by atoms with Gasteiger partial charge < -0.3 is 0 Å². The van der Waals surface area contributed by atoms with Gasteiger partial charge >= 0.3 is 0 Å². The van der Waals surface area contributed by atoms with Crippen LogP contribution >= 0.6 is 11.8 Å². The van der Waals surface area contributed by atoms with Crippen LogP contribution in [0.25, 0.3) is 0 Å². The number of hydrogen-bond donors (Lipinski definition) is 2. The lowest BCUT2D eigenvalue weighted by molar-refractivity contribution is 1.03. The van der Waals surface area contributed by atoms with Gasteiger partial charge in [0.15, 0.2) is 5.17 Å². The van der Waals surface area contributed by atoms with Crippen molar-refractivity contribution in [1.29, 1.82) is 5.41 Å². The zero-order valence-corrected chi connectivity index (χ0v) is 7.46. The molecule has 0 rings (SSSR count). The maximum Gasteiger partial charge on any atom is 0.175 e. The van der Waals surface area contributed by atoms with Crippen molar-refractivity contribution >= 4 is 22.6 Å². The Kier molecular flexibility index (Phi) is 5.30. The number of nitrogens with one attached hydrogen (secondary N) is 2. The van der Waals surface area contributed by atoms with Crippen molar-refractivity contribution in [2.45, 2.75) is 13.8 Å². The number of hydrogen-bond acceptors (Lipinski definition) is 3. The van der Waals surface area contributed by atoms with Crippen molar-refractivity contribution in [1.82, 2.24) is 5.43 Å². The lowest BCUT2D eigenvalue weighted by Crippen LogP contribution is -2.13. The Morgan fingerprint density at radius 3 is 2.82 bits per heavy atom. The molecule has 0 fully saturated rings. The number of amidine groups is 1. The number of hydrazone groups is 1. The van der Waals surface area contributed by atoms with Crippen molar-refractivity contribution in [3.63, 3.8) is 0 Å². The van der Waals surface area contributed by atoms with E-state index in [0.717, 1.165) is 5.71 Å². The maximum absolute atomic E-state index is 7.23. The molecule has 4 heteroatoms. The largest absolute Gasteiger partial charge is 0.277 e. The number of thioether (sulfide) groups is 1. The molecule has 0 spiro atoms. The van der Waals surface area contributed by atoms with Gasteiger partial charge in [0.2, 0.25) is 0 Å². The third-order valence-corrected chi connectivity index (χ3v) is 1.37. The van der Waals surface area contributed by atoms with Crippen molar-refractivity contribution < 1.29 is 0 Å². The predicted molar refractivity (Wildman–Crippen MR) is 50.9 cm³/mol. The molecule has 2 N–H and O–H groups in total. The van der Waals surface area contributed by atoms with Crippen molar-refractivity contribution in [2.24, 2.45) is 5.10 Å². The van der Waals surface area contributed by atoms with Crippen LogP contribution in [0, 0.1) is 17.8 Å². The third kappa shape index (κ3) is 6.94. The van der Waals surface area contributed by atoms with Crippen LogP contribution in [0.1, 0.15) is 13.8 Å². The van der Waals surface area contributed by atoms with Crippen LogP contribution in [-0.2, 0) is 0 Å². The summed E-state index contributed by atoms with van der Waals surface area (Å²) in [5.41, 5.74) is 3.44. The van der Waals surface area contributed by atoms with E-state index in [1.807, 2.05) is 13.8 Å². The molecule has 0 saturated carbocycles. The van der Waals surface area contributed by atoms with E-state index in [9.17, 15) is 0 Å². The van der Waals surface area contributed by atoms with Crippen molar-refractivity contribution in [2.75, 3.05) is 5.75 Å². The fourth-order valence-corrected chi connectivity index (χ4v) is 0.647. The molecule has 0 radical (unpaired) electrons. The molecule has 0 unspecified atom stereocenters. The van der Waals surface area contributed by atoms with Gasteiger partial charge in [-0.15, -0.1) is 6.42 Å². The lowest BCUT2D eigenvalue weighted by atomic mass is 10.5. The van der Waals surface area contributed by atoms with Crippen molar-refractivity contribution in [3.8, 4) is 12.3 Å². The predicted octanol–water partition coefficient (Wildman–Crippen LogP) is 1.27.